The second-order valence-corrected chi connectivity index (χ2v) is 7.88. The molecule has 0 bridgehead atoms. The average Bonchev–Trinajstić information content (AvgIpc) is 2.73. The van der Waals surface area contributed by atoms with Gasteiger partial charge in [0.1, 0.15) is 0 Å². The molecule has 0 amide bonds. The largest absolute Gasteiger partial charge is 0.317 e. The molecule has 0 saturated heterocycles. The lowest BCUT2D eigenvalue weighted by Crippen LogP contribution is -2.25. The molecule has 2 heteroatoms. The SMILES string of the molecule is CCCNCCC(C)(C)c1ccc(C(C)(C)C)s1. The second-order valence-electron chi connectivity index (χ2n) is 6.80. The van der Waals surface area contributed by atoms with Crippen LogP contribution in [0.1, 0.15) is 64.1 Å². The van der Waals surface area contributed by atoms with E-state index in [0.29, 0.717) is 0 Å². The van der Waals surface area contributed by atoms with Crippen LogP contribution in [0.3, 0.4) is 0 Å². The van der Waals surface area contributed by atoms with E-state index in [1.54, 1.807) is 0 Å². The van der Waals surface area contributed by atoms with E-state index >= 15 is 0 Å². The van der Waals surface area contributed by atoms with Gasteiger partial charge in [0.05, 0.1) is 0 Å². The zero-order valence-electron chi connectivity index (χ0n) is 12.9. The molecule has 0 aliphatic rings. The molecule has 1 nitrogen and oxygen atoms in total. The van der Waals surface area contributed by atoms with Crippen LogP contribution in [0.25, 0.3) is 0 Å². The summed E-state index contributed by atoms with van der Waals surface area (Å²) in [5, 5.41) is 3.50. The molecule has 0 atom stereocenters. The van der Waals surface area contributed by atoms with Gasteiger partial charge in [-0.05, 0) is 43.5 Å². The van der Waals surface area contributed by atoms with Gasteiger partial charge in [0.25, 0.3) is 0 Å². The molecular formula is C16H29NS. The normalized spacial score (nSPS) is 13.0. The van der Waals surface area contributed by atoms with Crippen molar-refractivity contribution in [2.75, 3.05) is 13.1 Å². The number of rotatable bonds is 6. The lowest BCUT2D eigenvalue weighted by atomic mass is 9.87. The molecule has 0 aliphatic carbocycles. The molecule has 0 unspecified atom stereocenters. The van der Waals surface area contributed by atoms with E-state index in [1.165, 1.54) is 22.6 Å². The van der Waals surface area contributed by atoms with Gasteiger partial charge in [0.2, 0.25) is 0 Å². The molecule has 0 spiro atoms. The van der Waals surface area contributed by atoms with Crippen LogP contribution in [0.5, 0.6) is 0 Å². The molecule has 104 valence electrons. The van der Waals surface area contributed by atoms with Crippen LogP contribution in [0.15, 0.2) is 12.1 Å². The minimum absolute atomic E-state index is 0.277. The number of nitrogens with one attached hydrogen (secondary N) is 1. The first-order valence-electron chi connectivity index (χ1n) is 7.09. The van der Waals surface area contributed by atoms with Crippen LogP contribution in [0.4, 0.5) is 0 Å². The van der Waals surface area contributed by atoms with Gasteiger partial charge in [0, 0.05) is 15.2 Å². The highest BCUT2D eigenvalue weighted by Crippen LogP contribution is 2.37. The van der Waals surface area contributed by atoms with Gasteiger partial charge in [-0.2, -0.15) is 0 Å². The van der Waals surface area contributed by atoms with Crippen molar-refractivity contribution in [1.82, 2.24) is 5.32 Å². The van der Waals surface area contributed by atoms with Crippen LogP contribution < -0.4 is 5.32 Å². The minimum Gasteiger partial charge on any atom is -0.317 e. The lowest BCUT2D eigenvalue weighted by molar-refractivity contribution is 0.465. The Morgan fingerprint density at radius 2 is 1.61 bits per heavy atom. The summed E-state index contributed by atoms with van der Waals surface area (Å²) >= 11 is 1.98. The quantitative estimate of drug-likeness (QED) is 0.736. The molecule has 0 radical (unpaired) electrons. The van der Waals surface area contributed by atoms with E-state index in [1.807, 2.05) is 11.3 Å². The van der Waals surface area contributed by atoms with Gasteiger partial charge in [0.15, 0.2) is 0 Å². The predicted molar refractivity (Wildman–Crippen MR) is 83.8 cm³/mol. The average molecular weight is 267 g/mol. The lowest BCUT2D eigenvalue weighted by Gasteiger charge is -2.24. The van der Waals surface area contributed by atoms with Crippen molar-refractivity contribution in [3.63, 3.8) is 0 Å². The monoisotopic (exact) mass is 267 g/mol. The van der Waals surface area contributed by atoms with E-state index in [4.69, 9.17) is 0 Å². The number of thiophene rings is 1. The number of hydrogen-bond acceptors (Lipinski definition) is 2. The molecule has 1 aromatic rings. The summed E-state index contributed by atoms with van der Waals surface area (Å²) in [6.45, 7) is 16.1. The molecule has 1 N–H and O–H groups in total. The molecule has 1 rings (SSSR count). The molecule has 0 fully saturated rings. The highest BCUT2D eigenvalue weighted by Gasteiger charge is 2.24. The van der Waals surface area contributed by atoms with Gasteiger partial charge in [-0.1, -0.05) is 41.5 Å². The molecule has 1 heterocycles. The van der Waals surface area contributed by atoms with Crippen LogP contribution in [-0.2, 0) is 10.8 Å². The molecule has 0 aromatic carbocycles. The number of hydrogen-bond donors (Lipinski definition) is 1. The highest BCUT2D eigenvalue weighted by molar-refractivity contribution is 7.12. The summed E-state index contributed by atoms with van der Waals surface area (Å²) in [7, 11) is 0. The fraction of sp³-hybridized carbons (Fsp3) is 0.750. The van der Waals surface area contributed by atoms with E-state index in [2.05, 4.69) is 59.0 Å². The fourth-order valence-electron chi connectivity index (χ4n) is 1.93. The summed E-state index contributed by atoms with van der Waals surface area (Å²) in [4.78, 5) is 3.01. The maximum atomic E-state index is 3.50. The van der Waals surface area contributed by atoms with Crippen molar-refractivity contribution in [2.45, 2.75) is 65.2 Å². The molecule has 1 aromatic heterocycles. The van der Waals surface area contributed by atoms with Crippen LogP contribution in [0.2, 0.25) is 0 Å². The first kappa shape index (κ1) is 15.7. The zero-order valence-corrected chi connectivity index (χ0v) is 13.7. The van der Waals surface area contributed by atoms with Crippen molar-refractivity contribution in [3.8, 4) is 0 Å². The van der Waals surface area contributed by atoms with E-state index < -0.39 is 0 Å². The van der Waals surface area contributed by atoms with E-state index in [0.717, 1.165) is 13.1 Å². The Hall–Kier alpha value is -0.340. The smallest absolute Gasteiger partial charge is 0.0105 e. The van der Waals surface area contributed by atoms with Crippen LogP contribution in [0, 0.1) is 0 Å². The maximum absolute atomic E-state index is 3.50. The van der Waals surface area contributed by atoms with Gasteiger partial charge >= 0.3 is 0 Å². The molecule has 0 saturated carbocycles. The van der Waals surface area contributed by atoms with Crippen molar-refractivity contribution in [3.05, 3.63) is 21.9 Å². The van der Waals surface area contributed by atoms with Crippen molar-refractivity contribution >= 4 is 11.3 Å². The first-order valence-corrected chi connectivity index (χ1v) is 7.90. The Labute approximate surface area is 117 Å². The van der Waals surface area contributed by atoms with Crippen LogP contribution in [-0.4, -0.2) is 13.1 Å². The third kappa shape index (κ3) is 4.40. The Morgan fingerprint density at radius 1 is 1.00 bits per heavy atom. The van der Waals surface area contributed by atoms with Crippen molar-refractivity contribution < 1.29 is 0 Å². The molecular weight excluding hydrogens is 238 g/mol. The van der Waals surface area contributed by atoms with Gasteiger partial charge < -0.3 is 5.32 Å². The van der Waals surface area contributed by atoms with Gasteiger partial charge in [-0.25, -0.2) is 0 Å². The third-order valence-corrected chi connectivity index (χ3v) is 5.24. The molecule has 0 aliphatic heterocycles. The topological polar surface area (TPSA) is 12.0 Å². The van der Waals surface area contributed by atoms with Crippen molar-refractivity contribution in [2.24, 2.45) is 0 Å². The fourth-order valence-corrected chi connectivity index (χ4v) is 3.12. The maximum Gasteiger partial charge on any atom is 0.0105 e. The van der Waals surface area contributed by atoms with Gasteiger partial charge in [-0.15, -0.1) is 11.3 Å². The van der Waals surface area contributed by atoms with E-state index in [9.17, 15) is 0 Å². The minimum atomic E-state index is 0.277. The summed E-state index contributed by atoms with van der Waals surface area (Å²) in [6.07, 6.45) is 2.42. The summed E-state index contributed by atoms with van der Waals surface area (Å²) in [5.41, 5.74) is 0.564. The van der Waals surface area contributed by atoms with Gasteiger partial charge in [-0.3, -0.25) is 0 Å². The summed E-state index contributed by atoms with van der Waals surface area (Å²) in [5.74, 6) is 0. The Balaban J connectivity index is 2.64. The summed E-state index contributed by atoms with van der Waals surface area (Å²) in [6, 6.07) is 4.63. The Kier molecular flexibility index (Phi) is 5.42. The van der Waals surface area contributed by atoms with E-state index in [-0.39, 0.29) is 10.8 Å². The van der Waals surface area contributed by atoms with Crippen molar-refractivity contribution in [1.29, 1.82) is 0 Å². The standard InChI is InChI=1S/C16H29NS/c1-7-11-17-12-10-16(5,6)14-9-8-13(18-14)15(2,3)4/h8-9,17H,7,10-12H2,1-6H3. The third-order valence-electron chi connectivity index (χ3n) is 3.37. The zero-order chi connectivity index (χ0) is 13.8. The predicted octanol–water partition coefficient (Wildman–Crippen LogP) is 4.71. The Bertz CT molecular complexity index is 357. The Morgan fingerprint density at radius 3 is 2.11 bits per heavy atom. The second kappa shape index (κ2) is 6.21. The van der Waals surface area contributed by atoms with Crippen LogP contribution >= 0.6 is 11.3 Å². The highest BCUT2D eigenvalue weighted by atomic mass is 32.1. The first-order chi connectivity index (χ1) is 8.27. The summed E-state index contributed by atoms with van der Waals surface area (Å²) < 4.78 is 0. The molecule has 18 heavy (non-hydrogen) atoms.